The van der Waals surface area contributed by atoms with Crippen molar-refractivity contribution in [3.05, 3.63) is 35.9 Å². The fraction of sp³-hybridized carbons (Fsp3) is 0.682. The zero-order chi connectivity index (χ0) is 24.8. The number of carbonyl (C=O) groups is 1. The van der Waals surface area contributed by atoms with Gasteiger partial charge in [0.1, 0.15) is 12.0 Å². The third-order valence-electron chi connectivity index (χ3n) is 6.31. The standard InChI is InChI=1S/C22H34NO3/c1-15(2)23(16(3)4)18-10-11-19(23)13-20(12-18)26-22(25)21(14-24)17-8-6-5-7-9-17/h5-9,15-16,18-21,24H,10-14H2,1-4H3/q+1/t18-,19?,20?,21?/m0/s1/i1D3,2D3,15D/t18-,19?,20?,21?,23?. The van der Waals surface area contributed by atoms with Crippen LogP contribution >= 0.6 is 0 Å². The smallest absolute Gasteiger partial charge is 0.316 e. The van der Waals surface area contributed by atoms with E-state index in [-0.39, 0.29) is 4.48 Å². The van der Waals surface area contributed by atoms with Crippen LogP contribution in [0.2, 0.25) is 0 Å². The fourth-order valence-corrected chi connectivity index (χ4v) is 5.21. The molecule has 3 rings (SSSR count). The van der Waals surface area contributed by atoms with E-state index in [2.05, 4.69) is 0 Å². The highest BCUT2D eigenvalue weighted by Gasteiger charge is 2.57. The van der Waals surface area contributed by atoms with E-state index in [9.17, 15) is 9.90 Å². The Labute approximate surface area is 167 Å². The molecule has 2 bridgehead atoms. The molecule has 0 spiro atoms. The Balaban J connectivity index is 1.91. The lowest BCUT2D eigenvalue weighted by Crippen LogP contribution is -2.68. The molecule has 2 aliphatic rings. The molecular formula is C22H34NO3+. The predicted molar refractivity (Wildman–Crippen MR) is 103 cm³/mol. The summed E-state index contributed by atoms with van der Waals surface area (Å²) in [5.41, 5.74) is 0.645. The minimum Gasteiger partial charge on any atom is -0.461 e. The van der Waals surface area contributed by atoms with Gasteiger partial charge in [0.05, 0.1) is 32.1 Å². The van der Waals surface area contributed by atoms with Crippen molar-refractivity contribution in [2.45, 2.75) is 89.4 Å². The summed E-state index contributed by atoms with van der Waals surface area (Å²) in [5, 5.41) is 9.78. The van der Waals surface area contributed by atoms with Crippen molar-refractivity contribution in [2.24, 2.45) is 0 Å². The topological polar surface area (TPSA) is 46.5 Å². The van der Waals surface area contributed by atoms with Crippen LogP contribution in [0.5, 0.6) is 0 Å². The highest BCUT2D eigenvalue weighted by Crippen LogP contribution is 2.47. The summed E-state index contributed by atoms with van der Waals surface area (Å²) in [7, 11) is 0. The Morgan fingerprint density at radius 1 is 1.27 bits per heavy atom. The monoisotopic (exact) mass is 367 g/mol. The van der Waals surface area contributed by atoms with E-state index in [1.54, 1.807) is 38.1 Å². The first kappa shape index (κ1) is 12.1. The Hall–Kier alpha value is -1.39. The van der Waals surface area contributed by atoms with Gasteiger partial charge in [-0.05, 0) is 33.1 Å². The summed E-state index contributed by atoms with van der Waals surface area (Å²) in [6.45, 7) is -2.88. The first-order chi connectivity index (χ1) is 15.2. The molecule has 2 saturated heterocycles. The summed E-state index contributed by atoms with van der Waals surface area (Å²) in [5.74, 6) is -1.38. The zero-order valence-electron chi connectivity index (χ0n) is 22.5. The van der Waals surface area contributed by atoms with Crippen molar-refractivity contribution < 1.29 is 28.7 Å². The van der Waals surface area contributed by atoms with Crippen molar-refractivity contribution in [2.75, 3.05) is 6.61 Å². The van der Waals surface area contributed by atoms with Gasteiger partial charge < -0.3 is 14.3 Å². The highest BCUT2D eigenvalue weighted by molar-refractivity contribution is 5.78. The van der Waals surface area contributed by atoms with Crippen LogP contribution in [0.25, 0.3) is 0 Å². The number of fused-ring (bicyclic) bond motifs is 2. The Kier molecular flexibility index (Phi) is 3.59. The molecule has 4 nitrogen and oxygen atoms in total. The SMILES string of the molecule is [2H]C([2H])([2H])C([2H])(C([2H])([2H])[2H])[N+]1(C(C)C)C2CC[C@H]1CC(OC(=O)C(CO)c1ccccc1)C2. The zero-order valence-corrected chi connectivity index (χ0v) is 15.5. The van der Waals surface area contributed by atoms with Gasteiger partial charge in [0.15, 0.2) is 0 Å². The van der Waals surface area contributed by atoms with Crippen LogP contribution in [0, 0.1) is 0 Å². The van der Waals surface area contributed by atoms with Crippen LogP contribution in [0.4, 0.5) is 0 Å². The molecule has 0 radical (unpaired) electrons. The molecular weight excluding hydrogens is 326 g/mol. The van der Waals surface area contributed by atoms with Crippen molar-refractivity contribution >= 4 is 5.97 Å². The maximum Gasteiger partial charge on any atom is 0.316 e. The Bertz CT molecular complexity index is 813. The molecule has 2 heterocycles. The van der Waals surface area contributed by atoms with Crippen LogP contribution in [0.1, 0.15) is 74.3 Å². The molecule has 5 atom stereocenters. The maximum atomic E-state index is 12.9. The largest absolute Gasteiger partial charge is 0.461 e. The Morgan fingerprint density at radius 3 is 2.38 bits per heavy atom. The molecule has 144 valence electrons. The second-order valence-electron chi connectivity index (χ2n) is 7.84. The van der Waals surface area contributed by atoms with Gasteiger partial charge in [0.2, 0.25) is 0 Å². The number of aliphatic hydroxyl groups is 1. The lowest BCUT2D eigenvalue weighted by atomic mass is 9.90. The minimum absolute atomic E-state index is 0.292. The number of benzene rings is 1. The van der Waals surface area contributed by atoms with Gasteiger partial charge in [-0.3, -0.25) is 4.79 Å². The second kappa shape index (κ2) is 7.69. The maximum absolute atomic E-state index is 12.9. The normalized spacial score (nSPS) is 37.4. The summed E-state index contributed by atoms with van der Waals surface area (Å²) in [4.78, 5) is 12.9. The van der Waals surface area contributed by atoms with Gasteiger partial charge >= 0.3 is 5.97 Å². The van der Waals surface area contributed by atoms with Crippen molar-refractivity contribution in [3.8, 4) is 0 Å². The van der Waals surface area contributed by atoms with E-state index in [0.29, 0.717) is 31.2 Å². The van der Waals surface area contributed by atoms with Crippen LogP contribution in [0.15, 0.2) is 30.3 Å². The number of nitrogens with zero attached hydrogens (tertiary/aromatic N) is 1. The molecule has 0 aromatic heterocycles. The third-order valence-corrected chi connectivity index (χ3v) is 6.31. The molecule has 0 amide bonds. The van der Waals surface area contributed by atoms with Crippen LogP contribution in [-0.4, -0.2) is 52.4 Å². The molecule has 0 saturated carbocycles. The molecule has 4 unspecified atom stereocenters. The summed E-state index contributed by atoms with van der Waals surface area (Å²) >= 11 is 0. The van der Waals surface area contributed by atoms with Crippen LogP contribution in [-0.2, 0) is 9.53 Å². The van der Waals surface area contributed by atoms with Crippen molar-refractivity contribution in [3.63, 3.8) is 0 Å². The number of carbonyl (C=O) groups excluding carboxylic acids is 1. The number of hydrogen-bond donors (Lipinski definition) is 1. The van der Waals surface area contributed by atoms with E-state index < -0.39 is 62.4 Å². The van der Waals surface area contributed by atoms with Gasteiger partial charge in [0, 0.05) is 33.9 Å². The van der Waals surface area contributed by atoms with Gasteiger partial charge in [-0.1, -0.05) is 30.3 Å². The lowest BCUT2D eigenvalue weighted by Gasteiger charge is -2.55. The molecule has 4 heteroatoms. The average Bonchev–Trinajstić information content (AvgIpc) is 2.92. The number of hydrogen-bond acceptors (Lipinski definition) is 3. The minimum atomic E-state index is -3.03. The highest BCUT2D eigenvalue weighted by atomic mass is 16.5. The van der Waals surface area contributed by atoms with Gasteiger partial charge in [-0.15, -0.1) is 0 Å². The predicted octanol–water partition coefficient (Wildman–Crippen LogP) is 3.63. The first-order valence-corrected chi connectivity index (χ1v) is 9.46. The number of aliphatic hydroxyl groups excluding tert-OH is 1. The van der Waals surface area contributed by atoms with Crippen molar-refractivity contribution in [1.29, 1.82) is 0 Å². The molecule has 1 N–H and O–H groups in total. The number of quaternary nitrogens is 1. The number of piperidine rings is 1. The van der Waals surface area contributed by atoms with Gasteiger partial charge in [-0.2, -0.15) is 0 Å². The summed E-state index contributed by atoms with van der Waals surface area (Å²) in [6.07, 6.45) is 1.22. The van der Waals surface area contributed by atoms with Gasteiger partial charge in [0.25, 0.3) is 0 Å². The quantitative estimate of drug-likeness (QED) is 0.617. The molecule has 2 fully saturated rings. The van der Waals surface area contributed by atoms with E-state index in [1.165, 1.54) is 0 Å². The average molecular weight is 368 g/mol. The number of esters is 1. The Morgan fingerprint density at radius 2 is 1.88 bits per heavy atom. The summed E-state index contributed by atoms with van der Waals surface area (Å²) in [6, 6.07) is 4.90. The van der Waals surface area contributed by atoms with Crippen LogP contribution in [0.3, 0.4) is 0 Å². The molecule has 1 aromatic rings. The summed E-state index contributed by atoms with van der Waals surface area (Å²) < 4.78 is 63.1. The second-order valence-corrected chi connectivity index (χ2v) is 7.84. The number of rotatable bonds is 6. The van der Waals surface area contributed by atoms with E-state index in [1.807, 2.05) is 6.07 Å². The van der Waals surface area contributed by atoms with Crippen molar-refractivity contribution in [1.82, 2.24) is 0 Å². The van der Waals surface area contributed by atoms with E-state index in [0.717, 1.165) is 0 Å². The fourth-order valence-electron chi connectivity index (χ4n) is 5.21. The lowest BCUT2D eigenvalue weighted by molar-refractivity contribution is -1.00. The number of ether oxygens (including phenoxy) is 1. The third kappa shape index (κ3) is 3.18. The first-order valence-electron chi connectivity index (χ1n) is 13.0. The molecule has 2 aliphatic heterocycles. The van der Waals surface area contributed by atoms with Gasteiger partial charge in [-0.25, -0.2) is 0 Å². The molecule has 0 aliphatic carbocycles. The van der Waals surface area contributed by atoms with E-state index in [4.69, 9.17) is 14.3 Å². The molecule has 1 aromatic carbocycles. The molecule has 26 heavy (non-hydrogen) atoms. The van der Waals surface area contributed by atoms with Crippen LogP contribution < -0.4 is 0 Å². The van der Waals surface area contributed by atoms with E-state index >= 15 is 0 Å².